The number of piperidine rings is 1. The van der Waals surface area contributed by atoms with Gasteiger partial charge >= 0.3 is 0 Å². The van der Waals surface area contributed by atoms with Crippen LogP contribution >= 0.6 is 35.6 Å². The highest BCUT2D eigenvalue weighted by Crippen LogP contribution is 2.24. The summed E-state index contributed by atoms with van der Waals surface area (Å²) in [6, 6.07) is 7.99. The zero-order valence-corrected chi connectivity index (χ0v) is 20.9. The molecule has 0 bridgehead atoms. The molecule has 1 aliphatic heterocycles. The van der Waals surface area contributed by atoms with Gasteiger partial charge in [0.05, 0.1) is 11.6 Å². The van der Waals surface area contributed by atoms with Crippen LogP contribution in [0.15, 0.2) is 29.3 Å². The second-order valence-corrected chi connectivity index (χ2v) is 7.59. The molecular weight excluding hydrogens is 503 g/mol. The van der Waals surface area contributed by atoms with E-state index in [0.717, 1.165) is 58.0 Å². The Balaban J connectivity index is 0.00000420. The van der Waals surface area contributed by atoms with Gasteiger partial charge in [0.25, 0.3) is 0 Å². The summed E-state index contributed by atoms with van der Waals surface area (Å²) >= 11 is 6.16. The third kappa shape index (κ3) is 10.2. The lowest BCUT2D eigenvalue weighted by atomic mass is 10.1. The molecule has 2 N–H and O–H groups in total. The summed E-state index contributed by atoms with van der Waals surface area (Å²) < 4.78 is 11.1. The van der Waals surface area contributed by atoms with Gasteiger partial charge in [-0.2, -0.15) is 0 Å². The third-order valence-electron chi connectivity index (χ3n) is 4.77. The number of nitrogens with zero attached hydrogens (tertiary/aromatic N) is 2. The maximum Gasteiger partial charge on any atom is 0.191 e. The lowest BCUT2D eigenvalue weighted by Crippen LogP contribution is -2.49. The maximum absolute atomic E-state index is 6.16. The molecule has 0 saturated carbocycles. The van der Waals surface area contributed by atoms with Crippen LogP contribution in [-0.4, -0.2) is 69.4 Å². The van der Waals surface area contributed by atoms with Crippen LogP contribution in [0.25, 0.3) is 0 Å². The first-order chi connectivity index (χ1) is 13.6. The fraction of sp³-hybridized carbons (Fsp3) is 0.667. The zero-order valence-electron chi connectivity index (χ0n) is 17.8. The SMILES string of the molecule is CCNC(=NCC(C)Oc1ccccc1Cl)NC1CCN(CCCOC)CC1.I. The topological polar surface area (TPSA) is 58.1 Å². The average Bonchev–Trinajstić information content (AvgIpc) is 2.69. The van der Waals surface area contributed by atoms with E-state index >= 15 is 0 Å². The summed E-state index contributed by atoms with van der Waals surface area (Å²) in [7, 11) is 1.76. The van der Waals surface area contributed by atoms with Gasteiger partial charge in [0, 0.05) is 45.9 Å². The Morgan fingerprint density at radius 1 is 1.31 bits per heavy atom. The van der Waals surface area contributed by atoms with Gasteiger partial charge in [-0.15, -0.1) is 24.0 Å². The molecule has 1 fully saturated rings. The van der Waals surface area contributed by atoms with E-state index in [4.69, 9.17) is 26.1 Å². The minimum absolute atomic E-state index is 0. The number of ether oxygens (including phenoxy) is 2. The van der Waals surface area contributed by atoms with Gasteiger partial charge in [-0.25, -0.2) is 4.99 Å². The van der Waals surface area contributed by atoms with Crippen LogP contribution < -0.4 is 15.4 Å². The normalized spacial score (nSPS) is 16.8. The van der Waals surface area contributed by atoms with Gasteiger partial charge in [-0.1, -0.05) is 23.7 Å². The van der Waals surface area contributed by atoms with Crippen LogP contribution in [0.2, 0.25) is 5.02 Å². The van der Waals surface area contributed by atoms with Crippen molar-refractivity contribution in [1.29, 1.82) is 0 Å². The molecule has 1 atom stereocenters. The molecule has 166 valence electrons. The number of hydrogen-bond donors (Lipinski definition) is 2. The molecule has 1 heterocycles. The fourth-order valence-electron chi connectivity index (χ4n) is 3.26. The lowest BCUT2D eigenvalue weighted by Gasteiger charge is -2.33. The number of hydrogen-bond acceptors (Lipinski definition) is 4. The molecule has 1 unspecified atom stereocenters. The number of benzene rings is 1. The van der Waals surface area contributed by atoms with Crippen molar-refractivity contribution in [2.24, 2.45) is 4.99 Å². The van der Waals surface area contributed by atoms with Crippen molar-refractivity contribution < 1.29 is 9.47 Å². The molecule has 1 aliphatic rings. The first-order valence-electron chi connectivity index (χ1n) is 10.3. The highest BCUT2D eigenvalue weighted by atomic mass is 127. The molecule has 1 aromatic carbocycles. The number of halogens is 2. The highest BCUT2D eigenvalue weighted by Gasteiger charge is 2.19. The molecule has 0 radical (unpaired) electrons. The molecule has 8 heteroatoms. The number of likely N-dealkylation sites (tertiary alicyclic amines) is 1. The van der Waals surface area contributed by atoms with Crippen LogP contribution in [0.3, 0.4) is 0 Å². The maximum atomic E-state index is 6.16. The fourth-order valence-corrected chi connectivity index (χ4v) is 3.44. The first kappa shape index (κ1) is 26.3. The standard InChI is InChI=1S/C21H35ClN4O2.HI/c1-4-23-21(24-16-17(2)28-20-9-6-5-8-19(20)22)25-18-10-13-26(14-11-18)12-7-15-27-3;/h5-6,8-9,17-18H,4,7,10-16H2,1-3H3,(H2,23,24,25);1H. The zero-order chi connectivity index (χ0) is 20.2. The smallest absolute Gasteiger partial charge is 0.191 e. The van der Waals surface area contributed by atoms with Crippen LogP contribution in [0.5, 0.6) is 5.75 Å². The van der Waals surface area contributed by atoms with Crippen LogP contribution in [0, 0.1) is 0 Å². The molecule has 0 aliphatic carbocycles. The summed E-state index contributed by atoms with van der Waals surface area (Å²) in [5, 5.41) is 7.55. The Labute approximate surface area is 197 Å². The second kappa shape index (κ2) is 15.1. The summed E-state index contributed by atoms with van der Waals surface area (Å²) in [4.78, 5) is 7.22. The van der Waals surface area contributed by atoms with Crippen LogP contribution in [0.1, 0.15) is 33.1 Å². The summed E-state index contributed by atoms with van der Waals surface area (Å²) in [5.74, 6) is 1.56. The van der Waals surface area contributed by atoms with E-state index in [2.05, 4.69) is 22.5 Å². The molecular formula is C21H36ClIN4O2. The number of guanidine groups is 1. The predicted octanol–water partition coefficient (Wildman–Crippen LogP) is 3.78. The molecule has 1 aromatic rings. The second-order valence-electron chi connectivity index (χ2n) is 7.19. The van der Waals surface area contributed by atoms with E-state index in [1.807, 2.05) is 31.2 Å². The number of aliphatic imine (C=N–C) groups is 1. The molecule has 0 aromatic heterocycles. The molecule has 6 nitrogen and oxygen atoms in total. The monoisotopic (exact) mass is 538 g/mol. The van der Waals surface area contributed by atoms with Crippen LogP contribution in [-0.2, 0) is 4.74 Å². The van der Waals surface area contributed by atoms with Crippen molar-refractivity contribution in [1.82, 2.24) is 15.5 Å². The van der Waals surface area contributed by atoms with E-state index in [9.17, 15) is 0 Å². The number of rotatable bonds is 10. The van der Waals surface area contributed by atoms with Crippen LogP contribution in [0.4, 0.5) is 0 Å². The molecule has 0 spiro atoms. The predicted molar refractivity (Wildman–Crippen MR) is 132 cm³/mol. The minimum Gasteiger partial charge on any atom is -0.487 e. The Kier molecular flexibility index (Phi) is 13.7. The molecule has 0 amide bonds. The van der Waals surface area contributed by atoms with E-state index in [1.165, 1.54) is 0 Å². The highest BCUT2D eigenvalue weighted by molar-refractivity contribution is 14.0. The number of nitrogens with one attached hydrogen (secondary N) is 2. The summed E-state index contributed by atoms with van der Waals surface area (Å²) in [6.07, 6.45) is 3.30. The average molecular weight is 539 g/mol. The number of para-hydroxylation sites is 1. The van der Waals surface area contributed by atoms with E-state index in [0.29, 0.717) is 23.4 Å². The quantitative estimate of drug-likeness (QED) is 0.206. The molecule has 29 heavy (non-hydrogen) atoms. The van der Waals surface area contributed by atoms with Gasteiger partial charge < -0.3 is 25.0 Å². The van der Waals surface area contributed by atoms with Crippen molar-refractivity contribution in [3.8, 4) is 5.75 Å². The Bertz CT molecular complexity index is 598. The first-order valence-corrected chi connectivity index (χ1v) is 10.7. The van der Waals surface area contributed by atoms with Crippen molar-refractivity contribution in [2.45, 2.75) is 45.3 Å². The van der Waals surface area contributed by atoms with Gasteiger partial charge in [0.15, 0.2) is 5.96 Å². The Morgan fingerprint density at radius 2 is 2.03 bits per heavy atom. The molecule has 2 rings (SSSR count). The van der Waals surface area contributed by atoms with Crippen molar-refractivity contribution in [2.75, 3.05) is 46.4 Å². The third-order valence-corrected chi connectivity index (χ3v) is 5.08. The van der Waals surface area contributed by atoms with Crippen molar-refractivity contribution >= 4 is 41.5 Å². The van der Waals surface area contributed by atoms with E-state index in [1.54, 1.807) is 7.11 Å². The van der Waals surface area contributed by atoms with E-state index < -0.39 is 0 Å². The van der Waals surface area contributed by atoms with Crippen molar-refractivity contribution in [3.63, 3.8) is 0 Å². The molecule has 1 saturated heterocycles. The minimum atomic E-state index is -0.0574. The Morgan fingerprint density at radius 3 is 2.69 bits per heavy atom. The lowest BCUT2D eigenvalue weighted by molar-refractivity contribution is 0.155. The van der Waals surface area contributed by atoms with Crippen molar-refractivity contribution in [3.05, 3.63) is 29.3 Å². The van der Waals surface area contributed by atoms with E-state index in [-0.39, 0.29) is 30.1 Å². The van der Waals surface area contributed by atoms with Gasteiger partial charge in [-0.05, 0) is 45.2 Å². The number of methoxy groups -OCH3 is 1. The van der Waals surface area contributed by atoms with Gasteiger partial charge in [0.1, 0.15) is 11.9 Å². The Hall–Kier alpha value is -0.770. The van der Waals surface area contributed by atoms with Gasteiger partial charge in [-0.3, -0.25) is 0 Å². The summed E-state index contributed by atoms with van der Waals surface area (Å²) in [5.41, 5.74) is 0. The summed E-state index contributed by atoms with van der Waals surface area (Å²) in [6.45, 7) is 9.68. The van der Waals surface area contributed by atoms with Gasteiger partial charge in [0.2, 0.25) is 0 Å². The largest absolute Gasteiger partial charge is 0.487 e.